The molecule has 0 radical (unpaired) electrons. The molecule has 25 heavy (non-hydrogen) atoms. The zero-order chi connectivity index (χ0) is 18.0. The number of aromatic nitrogens is 1. The van der Waals surface area contributed by atoms with Crippen LogP contribution in [-0.4, -0.2) is 46.9 Å². The first kappa shape index (κ1) is 18.0. The highest BCUT2D eigenvalue weighted by Gasteiger charge is 2.30. The number of carbonyl (C=O) groups is 1. The second kappa shape index (κ2) is 7.21. The van der Waals surface area contributed by atoms with Gasteiger partial charge in [-0.3, -0.25) is 9.69 Å². The Hall–Kier alpha value is -1.80. The lowest BCUT2D eigenvalue weighted by Gasteiger charge is -2.34. The number of H-pyrrole nitrogens is 1. The average Bonchev–Trinajstić information content (AvgIpc) is 3.01. The summed E-state index contributed by atoms with van der Waals surface area (Å²) in [7, 11) is 0. The average molecular weight is 416 g/mol. The van der Waals surface area contributed by atoms with Gasteiger partial charge in [-0.1, -0.05) is 12.1 Å². The molecule has 2 aromatic rings. The minimum absolute atomic E-state index is 0.0418. The number of hydrogen-bond donors (Lipinski definition) is 1. The van der Waals surface area contributed by atoms with Crippen LogP contribution in [0.3, 0.4) is 0 Å². The van der Waals surface area contributed by atoms with Gasteiger partial charge in [-0.2, -0.15) is 13.2 Å². The van der Waals surface area contributed by atoms with Crippen molar-refractivity contribution in [3.05, 3.63) is 57.8 Å². The van der Waals surface area contributed by atoms with Gasteiger partial charge in [0.2, 0.25) is 0 Å². The number of amides is 1. The summed E-state index contributed by atoms with van der Waals surface area (Å²) in [4.78, 5) is 19.2. The van der Waals surface area contributed by atoms with Gasteiger partial charge < -0.3 is 9.88 Å². The second-order valence-electron chi connectivity index (χ2n) is 5.99. The highest BCUT2D eigenvalue weighted by Crippen LogP contribution is 2.29. The number of hydrogen-bond acceptors (Lipinski definition) is 2. The summed E-state index contributed by atoms with van der Waals surface area (Å²) in [6, 6.07) is 6.99. The van der Waals surface area contributed by atoms with Gasteiger partial charge in [0.05, 0.1) is 5.56 Å². The Balaban J connectivity index is 1.53. The fourth-order valence-electron chi connectivity index (χ4n) is 2.83. The summed E-state index contributed by atoms with van der Waals surface area (Å²) in [5.74, 6) is -0.0418. The van der Waals surface area contributed by atoms with Crippen molar-refractivity contribution in [1.82, 2.24) is 14.8 Å². The number of piperazine rings is 1. The van der Waals surface area contributed by atoms with Crippen LogP contribution in [0.1, 0.15) is 21.6 Å². The van der Waals surface area contributed by atoms with Crippen molar-refractivity contribution in [2.45, 2.75) is 12.7 Å². The molecular weight excluding hydrogens is 399 g/mol. The largest absolute Gasteiger partial charge is 0.416 e. The molecule has 4 nitrogen and oxygen atoms in total. The molecular formula is C17H17BrF3N3O. The Morgan fingerprint density at radius 3 is 2.28 bits per heavy atom. The molecule has 1 saturated heterocycles. The first-order valence-corrected chi connectivity index (χ1v) is 8.64. The van der Waals surface area contributed by atoms with E-state index in [2.05, 4.69) is 25.8 Å². The number of carbonyl (C=O) groups excluding carboxylic acids is 1. The lowest BCUT2D eigenvalue weighted by molar-refractivity contribution is -0.137. The number of alkyl halides is 3. The standard InChI is InChI=1S/C17H17BrF3N3O/c18-14-9-15(22-10-14)16(25)24-7-5-23(6-8-24)11-12-1-3-13(4-2-12)17(19,20)21/h1-4,9-10,22H,5-8,11H2. The first-order valence-electron chi connectivity index (χ1n) is 7.84. The fourth-order valence-corrected chi connectivity index (χ4v) is 3.17. The van der Waals surface area contributed by atoms with Gasteiger partial charge in [0, 0.05) is 43.4 Å². The summed E-state index contributed by atoms with van der Waals surface area (Å²) in [5.41, 5.74) is 0.743. The molecule has 0 spiro atoms. The number of nitrogens with one attached hydrogen (secondary N) is 1. The lowest BCUT2D eigenvalue weighted by Crippen LogP contribution is -2.48. The van der Waals surface area contributed by atoms with Gasteiger partial charge in [-0.05, 0) is 39.7 Å². The third-order valence-electron chi connectivity index (χ3n) is 4.23. The summed E-state index contributed by atoms with van der Waals surface area (Å²) in [5, 5.41) is 0. The molecule has 2 heterocycles. The van der Waals surface area contributed by atoms with E-state index in [1.165, 1.54) is 12.1 Å². The molecule has 1 fully saturated rings. The molecule has 1 N–H and O–H groups in total. The van der Waals surface area contributed by atoms with Crippen LogP contribution < -0.4 is 0 Å². The van der Waals surface area contributed by atoms with E-state index in [0.717, 1.165) is 22.2 Å². The van der Waals surface area contributed by atoms with Crippen molar-refractivity contribution in [2.24, 2.45) is 0 Å². The smallest absolute Gasteiger partial charge is 0.356 e. The maximum absolute atomic E-state index is 12.6. The van der Waals surface area contributed by atoms with Gasteiger partial charge in [-0.15, -0.1) is 0 Å². The molecule has 1 aliphatic heterocycles. The van der Waals surface area contributed by atoms with E-state index in [1.807, 2.05) is 0 Å². The van der Waals surface area contributed by atoms with E-state index in [0.29, 0.717) is 38.4 Å². The van der Waals surface area contributed by atoms with E-state index in [-0.39, 0.29) is 5.91 Å². The number of benzene rings is 1. The molecule has 0 unspecified atom stereocenters. The minimum Gasteiger partial charge on any atom is -0.356 e. The normalized spacial score (nSPS) is 16.2. The second-order valence-corrected chi connectivity index (χ2v) is 6.91. The predicted octanol–water partition coefficient (Wildman–Crippen LogP) is 3.75. The molecule has 3 rings (SSSR count). The van der Waals surface area contributed by atoms with Gasteiger partial charge in [0.1, 0.15) is 5.69 Å². The van der Waals surface area contributed by atoms with Crippen LogP contribution in [-0.2, 0) is 12.7 Å². The van der Waals surface area contributed by atoms with Crippen LogP contribution in [0.4, 0.5) is 13.2 Å². The van der Waals surface area contributed by atoms with Crippen LogP contribution in [0.2, 0.25) is 0 Å². The van der Waals surface area contributed by atoms with Gasteiger partial charge in [0.15, 0.2) is 0 Å². The van der Waals surface area contributed by atoms with Crippen molar-refractivity contribution in [2.75, 3.05) is 26.2 Å². The third-order valence-corrected chi connectivity index (χ3v) is 4.68. The first-order chi connectivity index (χ1) is 11.8. The number of rotatable bonds is 3. The van der Waals surface area contributed by atoms with Crippen molar-refractivity contribution in [1.29, 1.82) is 0 Å². The molecule has 0 atom stereocenters. The molecule has 134 valence electrons. The molecule has 1 aromatic carbocycles. The summed E-state index contributed by atoms with van der Waals surface area (Å²) < 4.78 is 38.6. The van der Waals surface area contributed by atoms with Crippen molar-refractivity contribution in [3.63, 3.8) is 0 Å². The summed E-state index contributed by atoms with van der Waals surface area (Å²) >= 11 is 3.31. The SMILES string of the molecule is O=C(c1cc(Br)c[nH]1)N1CCN(Cc2ccc(C(F)(F)F)cc2)CC1. The summed E-state index contributed by atoms with van der Waals surface area (Å²) in [6.45, 7) is 3.14. The Morgan fingerprint density at radius 1 is 1.12 bits per heavy atom. The zero-order valence-corrected chi connectivity index (χ0v) is 14.9. The number of nitrogens with zero attached hydrogens (tertiary/aromatic N) is 2. The maximum Gasteiger partial charge on any atom is 0.416 e. The minimum atomic E-state index is -4.31. The highest BCUT2D eigenvalue weighted by atomic mass is 79.9. The van der Waals surface area contributed by atoms with Gasteiger partial charge in [-0.25, -0.2) is 0 Å². The molecule has 1 amide bonds. The Labute approximate surface area is 151 Å². The van der Waals surface area contributed by atoms with Crippen LogP contribution in [0, 0.1) is 0 Å². The molecule has 1 aromatic heterocycles. The third kappa shape index (κ3) is 4.43. The number of halogens is 4. The monoisotopic (exact) mass is 415 g/mol. The summed E-state index contributed by atoms with van der Waals surface area (Å²) in [6.07, 6.45) is -2.59. The van der Waals surface area contributed by atoms with Crippen molar-refractivity contribution in [3.8, 4) is 0 Å². The van der Waals surface area contributed by atoms with Crippen LogP contribution in [0.25, 0.3) is 0 Å². The van der Waals surface area contributed by atoms with Crippen LogP contribution >= 0.6 is 15.9 Å². The quantitative estimate of drug-likeness (QED) is 0.828. The van der Waals surface area contributed by atoms with Crippen LogP contribution in [0.15, 0.2) is 41.0 Å². The Bertz CT molecular complexity index is 734. The molecule has 1 aliphatic rings. The molecule has 0 saturated carbocycles. The lowest BCUT2D eigenvalue weighted by atomic mass is 10.1. The van der Waals surface area contributed by atoms with Crippen molar-refractivity contribution < 1.29 is 18.0 Å². The molecule has 0 bridgehead atoms. The van der Waals surface area contributed by atoms with E-state index in [4.69, 9.17) is 0 Å². The topological polar surface area (TPSA) is 39.3 Å². The van der Waals surface area contributed by atoms with Crippen LogP contribution in [0.5, 0.6) is 0 Å². The van der Waals surface area contributed by atoms with E-state index in [1.54, 1.807) is 17.2 Å². The number of aromatic amines is 1. The fraction of sp³-hybridized carbons (Fsp3) is 0.353. The predicted molar refractivity (Wildman–Crippen MR) is 91.1 cm³/mol. The Kier molecular flexibility index (Phi) is 5.19. The highest BCUT2D eigenvalue weighted by molar-refractivity contribution is 9.10. The van der Waals surface area contributed by atoms with Gasteiger partial charge in [0.25, 0.3) is 5.91 Å². The maximum atomic E-state index is 12.6. The Morgan fingerprint density at radius 2 is 1.76 bits per heavy atom. The van der Waals surface area contributed by atoms with E-state index >= 15 is 0 Å². The van der Waals surface area contributed by atoms with E-state index < -0.39 is 11.7 Å². The van der Waals surface area contributed by atoms with Crippen molar-refractivity contribution >= 4 is 21.8 Å². The van der Waals surface area contributed by atoms with Gasteiger partial charge >= 0.3 is 6.18 Å². The molecule has 0 aliphatic carbocycles. The molecule has 8 heteroatoms. The zero-order valence-electron chi connectivity index (χ0n) is 13.3. The van der Waals surface area contributed by atoms with E-state index in [9.17, 15) is 18.0 Å².